The van der Waals surface area contributed by atoms with Gasteiger partial charge in [-0.25, -0.2) is 0 Å². The van der Waals surface area contributed by atoms with E-state index in [9.17, 15) is 0 Å². The SMILES string of the molecule is CC(C)(C)SCCC(OCCO)C1C=CC=C1. The van der Waals surface area contributed by atoms with E-state index in [1.807, 2.05) is 11.8 Å². The van der Waals surface area contributed by atoms with Crippen LogP contribution in [0.25, 0.3) is 0 Å². The number of allylic oxidation sites excluding steroid dienone is 2. The smallest absolute Gasteiger partial charge is 0.0701 e. The summed E-state index contributed by atoms with van der Waals surface area (Å²) in [6.07, 6.45) is 9.70. The van der Waals surface area contributed by atoms with Crippen molar-refractivity contribution < 1.29 is 9.84 Å². The van der Waals surface area contributed by atoms with Gasteiger partial charge in [0, 0.05) is 10.7 Å². The highest BCUT2D eigenvalue weighted by Gasteiger charge is 2.20. The van der Waals surface area contributed by atoms with Gasteiger partial charge in [0.25, 0.3) is 0 Å². The number of hydrogen-bond acceptors (Lipinski definition) is 3. The minimum absolute atomic E-state index is 0.100. The van der Waals surface area contributed by atoms with Crippen molar-refractivity contribution in [3.8, 4) is 0 Å². The third-order valence-electron chi connectivity index (χ3n) is 2.57. The van der Waals surface area contributed by atoms with E-state index in [4.69, 9.17) is 9.84 Å². The van der Waals surface area contributed by atoms with Gasteiger partial charge in [-0.15, -0.1) is 0 Å². The first-order valence-corrected chi connectivity index (χ1v) is 7.23. The van der Waals surface area contributed by atoms with E-state index in [0.717, 1.165) is 12.2 Å². The maximum Gasteiger partial charge on any atom is 0.0701 e. The molecule has 0 spiro atoms. The van der Waals surface area contributed by atoms with Crippen molar-refractivity contribution in [3.63, 3.8) is 0 Å². The lowest BCUT2D eigenvalue weighted by molar-refractivity contribution is 0.0142. The topological polar surface area (TPSA) is 29.5 Å². The molecule has 0 fully saturated rings. The van der Waals surface area contributed by atoms with E-state index in [2.05, 4.69) is 45.1 Å². The van der Waals surface area contributed by atoms with Gasteiger partial charge < -0.3 is 9.84 Å². The standard InChI is InChI=1S/C14H24O2S/c1-14(2,3)17-11-8-13(16-10-9-15)12-6-4-5-7-12/h4-7,12-13,15H,8-11H2,1-3H3. The highest BCUT2D eigenvalue weighted by molar-refractivity contribution is 8.00. The van der Waals surface area contributed by atoms with Gasteiger partial charge in [-0.1, -0.05) is 45.1 Å². The molecule has 1 atom stereocenters. The molecule has 0 aliphatic heterocycles. The minimum atomic E-state index is 0.100. The van der Waals surface area contributed by atoms with Crippen LogP contribution in [0.15, 0.2) is 24.3 Å². The molecule has 1 rings (SSSR count). The highest BCUT2D eigenvalue weighted by Crippen LogP contribution is 2.27. The molecule has 0 aromatic carbocycles. The molecule has 1 N–H and O–H groups in total. The molecule has 0 aromatic heterocycles. The quantitative estimate of drug-likeness (QED) is 0.759. The molecule has 17 heavy (non-hydrogen) atoms. The fourth-order valence-electron chi connectivity index (χ4n) is 1.77. The zero-order valence-corrected chi connectivity index (χ0v) is 11.9. The molecule has 0 amide bonds. The number of hydrogen-bond donors (Lipinski definition) is 1. The van der Waals surface area contributed by atoms with Crippen molar-refractivity contribution in [1.29, 1.82) is 0 Å². The Bertz CT molecular complexity index is 254. The second-order valence-electron chi connectivity index (χ2n) is 5.23. The molecule has 0 bridgehead atoms. The Hall–Kier alpha value is -0.250. The molecule has 0 radical (unpaired) electrons. The largest absolute Gasteiger partial charge is 0.394 e. The van der Waals surface area contributed by atoms with E-state index in [1.165, 1.54) is 0 Å². The molecule has 0 saturated carbocycles. The van der Waals surface area contributed by atoms with Crippen molar-refractivity contribution in [1.82, 2.24) is 0 Å². The number of thioether (sulfide) groups is 1. The Kier molecular flexibility index (Phi) is 6.31. The Morgan fingerprint density at radius 3 is 2.47 bits per heavy atom. The van der Waals surface area contributed by atoms with E-state index in [1.54, 1.807) is 0 Å². The fourth-order valence-corrected chi connectivity index (χ4v) is 2.73. The van der Waals surface area contributed by atoms with Gasteiger partial charge in [-0.3, -0.25) is 0 Å². The van der Waals surface area contributed by atoms with Crippen LogP contribution in [-0.2, 0) is 4.74 Å². The second kappa shape index (κ2) is 7.24. The number of aliphatic hydroxyl groups excluding tert-OH is 1. The number of rotatable bonds is 7. The van der Waals surface area contributed by atoms with Crippen LogP contribution in [0.4, 0.5) is 0 Å². The van der Waals surface area contributed by atoms with Gasteiger partial charge in [0.15, 0.2) is 0 Å². The second-order valence-corrected chi connectivity index (χ2v) is 7.15. The molecule has 1 unspecified atom stereocenters. The number of ether oxygens (including phenoxy) is 1. The Balaban J connectivity index is 2.35. The zero-order valence-electron chi connectivity index (χ0n) is 11.1. The third-order valence-corrected chi connectivity index (χ3v) is 3.87. The van der Waals surface area contributed by atoms with Gasteiger partial charge in [-0.05, 0) is 12.2 Å². The molecule has 2 nitrogen and oxygen atoms in total. The summed E-state index contributed by atoms with van der Waals surface area (Å²) in [5, 5.41) is 8.85. The molecule has 0 saturated heterocycles. The lowest BCUT2D eigenvalue weighted by Crippen LogP contribution is -2.24. The molecular weight excluding hydrogens is 232 g/mol. The first-order valence-electron chi connectivity index (χ1n) is 6.24. The normalized spacial score (nSPS) is 17.9. The highest BCUT2D eigenvalue weighted by atomic mass is 32.2. The molecule has 1 aliphatic rings. The molecule has 0 heterocycles. The lowest BCUT2D eigenvalue weighted by Gasteiger charge is -2.24. The van der Waals surface area contributed by atoms with E-state index >= 15 is 0 Å². The summed E-state index contributed by atoms with van der Waals surface area (Å²) < 4.78 is 6.03. The van der Waals surface area contributed by atoms with Gasteiger partial charge in [0.1, 0.15) is 0 Å². The van der Waals surface area contributed by atoms with Gasteiger partial charge in [0.2, 0.25) is 0 Å². The average Bonchev–Trinajstić information content (AvgIpc) is 2.74. The van der Waals surface area contributed by atoms with Crippen molar-refractivity contribution in [3.05, 3.63) is 24.3 Å². The van der Waals surface area contributed by atoms with Gasteiger partial charge in [0.05, 0.1) is 19.3 Å². The van der Waals surface area contributed by atoms with E-state index < -0.39 is 0 Å². The summed E-state index contributed by atoms with van der Waals surface area (Å²) >= 11 is 1.96. The van der Waals surface area contributed by atoms with Crippen LogP contribution in [-0.4, -0.2) is 34.9 Å². The molecule has 98 valence electrons. The summed E-state index contributed by atoms with van der Waals surface area (Å²) in [4.78, 5) is 0. The van der Waals surface area contributed by atoms with Crippen molar-refractivity contribution >= 4 is 11.8 Å². The van der Waals surface area contributed by atoms with Crippen LogP contribution in [0.5, 0.6) is 0 Å². The summed E-state index contributed by atoms with van der Waals surface area (Å²) in [7, 11) is 0. The summed E-state index contributed by atoms with van der Waals surface area (Å²) in [6, 6.07) is 0. The predicted octanol–water partition coefficient (Wildman–Crippen LogP) is 3.03. The van der Waals surface area contributed by atoms with Crippen LogP contribution in [0.3, 0.4) is 0 Å². The molecular formula is C14H24O2S. The molecule has 3 heteroatoms. The maximum absolute atomic E-state index is 8.85. The Labute approximate surface area is 109 Å². The first-order chi connectivity index (χ1) is 8.03. The van der Waals surface area contributed by atoms with E-state index in [0.29, 0.717) is 17.3 Å². The first kappa shape index (κ1) is 14.8. The van der Waals surface area contributed by atoms with Crippen LogP contribution in [0.1, 0.15) is 27.2 Å². The predicted molar refractivity (Wildman–Crippen MR) is 75.4 cm³/mol. The third kappa shape index (κ3) is 6.29. The van der Waals surface area contributed by atoms with E-state index in [-0.39, 0.29) is 12.7 Å². The molecule has 0 aromatic rings. The lowest BCUT2D eigenvalue weighted by atomic mass is 10.0. The monoisotopic (exact) mass is 256 g/mol. The van der Waals surface area contributed by atoms with Crippen LogP contribution < -0.4 is 0 Å². The van der Waals surface area contributed by atoms with Crippen molar-refractivity contribution in [2.75, 3.05) is 19.0 Å². The Morgan fingerprint density at radius 1 is 1.29 bits per heavy atom. The Morgan fingerprint density at radius 2 is 1.94 bits per heavy atom. The molecule has 1 aliphatic carbocycles. The van der Waals surface area contributed by atoms with Crippen LogP contribution in [0.2, 0.25) is 0 Å². The van der Waals surface area contributed by atoms with Crippen LogP contribution >= 0.6 is 11.8 Å². The average molecular weight is 256 g/mol. The number of aliphatic hydroxyl groups is 1. The van der Waals surface area contributed by atoms with Gasteiger partial charge in [-0.2, -0.15) is 11.8 Å². The fraction of sp³-hybridized carbons (Fsp3) is 0.714. The van der Waals surface area contributed by atoms with Gasteiger partial charge >= 0.3 is 0 Å². The van der Waals surface area contributed by atoms with Crippen LogP contribution in [0, 0.1) is 5.92 Å². The maximum atomic E-state index is 8.85. The summed E-state index contributed by atoms with van der Waals surface area (Å²) in [6.45, 7) is 7.23. The van der Waals surface area contributed by atoms with Crippen molar-refractivity contribution in [2.45, 2.75) is 38.0 Å². The van der Waals surface area contributed by atoms with Crippen molar-refractivity contribution in [2.24, 2.45) is 5.92 Å². The zero-order chi connectivity index (χ0) is 12.7. The summed E-state index contributed by atoms with van der Waals surface area (Å²) in [5.41, 5.74) is 0. The minimum Gasteiger partial charge on any atom is -0.394 e. The summed E-state index contributed by atoms with van der Waals surface area (Å²) in [5.74, 6) is 1.47.